The zero-order valence-corrected chi connectivity index (χ0v) is 13.4. The van der Waals surface area contributed by atoms with Gasteiger partial charge in [-0.2, -0.15) is 0 Å². The third-order valence-electron chi connectivity index (χ3n) is 3.44. The van der Waals surface area contributed by atoms with Gasteiger partial charge in [-0.1, -0.05) is 18.3 Å². The van der Waals surface area contributed by atoms with Gasteiger partial charge in [-0.3, -0.25) is 0 Å². The van der Waals surface area contributed by atoms with Crippen LogP contribution >= 0.6 is 22.7 Å². The summed E-state index contributed by atoms with van der Waals surface area (Å²) >= 11 is 3.57. The number of aromatic nitrogens is 3. The van der Waals surface area contributed by atoms with E-state index in [9.17, 15) is 0 Å². The lowest BCUT2D eigenvalue weighted by Crippen LogP contribution is -2.04. The number of fused-ring (bicyclic) bond motifs is 1. The largest absolute Gasteiger partial charge is 0.360 e. The van der Waals surface area contributed by atoms with E-state index in [0.29, 0.717) is 0 Å². The van der Waals surface area contributed by atoms with Crippen LogP contribution in [0.2, 0.25) is 0 Å². The lowest BCUT2D eigenvalue weighted by molar-refractivity contribution is 0.680. The molecule has 1 N–H and O–H groups in total. The van der Waals surface area contributed by atoms with E-state index in [1.165, 1.54) is 41.3 Å². The normalized spacial score (nSPS) is 14.2. The molecule has 0 atom stereocenters. The highest BCUT2D eigenvalue weighted by Gasteiger charge is 2.14. The fraction of sp³-hybridized carbons (Fsp3) is 0.643. The number of nitrogens with one attached hydrogen (secondary N) is 1. The molecule has 1 aliphatic carbocycles. The van der Waals surface area contributed by atoms with Crippen LogP contribution in [0.3, 0.4) is 0 Å². The zero-order valence-electron chi connectivity index (χ0n) is 11.8. The maximum atomic E-state index is 4.76. The van der Waals surface area contributed by atoms with Crippen LogP contribution < -0.4 is 5.32 Å². The summed E-state index contributed by atoms with van der Waals surface area (Å²) in [6.07, 6.45) is 8.18. The Labute approximate surface area is 127 Å². The Morgan fingerprint density at radius 2 is 1.95 bits per heavy atom. The number of aryl methyl sites for hydroxylation is 3. The van der Waals surface area contributed by atoms with Crippen LogP contribution in [-0.4, -0.2) is 21.7 Å². The fourth-order valence-electron chi connectivity index (χ4n) is 2.43. The van der Waals surface area contributed by atoms with Crippen molar-refractivity contribution >= 4 is 27.8 Å². The van der Waals surface area contributed by atoms with E-state index in [4.69, 9.17) is 4.98 Å². The van der Waals surface area contributed by atoms with Crippen LogP contribution in [0.25, 0.3) is 0 Å². The summed E-state index contributed by atoms with van der Waals surface area (Å²) in [4.78, 5) is 6.28. The Balaban J connectivity index is 1.50. The van der Waals surface area contributed by atoms with Gasteiger partial charge in [0.05, 0.1) is 10.7 Å². The summed E-state index contributed by atoms with van der Waals surface area (Å²) in [7, 11) is 0. The zero-order chi connectivity index (χ0) is 13.8. The van der Waals surface area contributed by atoms with E-state index < -0.39 is 0 Å². The monoisotopic (exact) mass is 308 g/mol. The summed E-state index contributed by atoms with van der Waals surface area (Å²) in [5.41, 5.74) is 1.36. The van der Waals surface area contributed by atoms with E-state index in [0.717, 1.165) is 35.9 Å². The van der Waals surface area contributed by atoms with E-state index in [1.807, 2.05) is 11.3 Å². The second-order valence-corrected chi connectivity index (χ2v) is 7.34. The highest BCUT2D eigenvalue weighted by Crippen LogP contribution is 2.27. The summed E-state index contributed by atoms with van der Waals surface area (Å²) in [5, 5.41) is 15.0. The minimum atomic E-state index is 0.896. The minimum Gasteiger partial charge on any atom is -0.360 e. The molecule has 6 heteroatoms. The van der Waals surface area contributed by atoms with Crippen molar-refractivity contribution in [1.29, 1.82) is 0 Å². The molecular formula is C14H20N4S2. The molecule has 2 heterocycles. The molecule has 0 spiro atoms. The van der Waals surface area contributed by atoms with Crippen LogP contribution in [0.5, 0.6) is 0 Å². The SMILES string of the molecule is CCCc1nnc(NCCc2nc3c(s2)CCCC3)s1. The number of rotatable bonds is 6. The van der Waals surface area contributed by atoms with Crippen molar-refractivity contribution in [3.63, 3.8) is 0 Å². The molecule has 0 aromatic carbocycles. The van der Waals surface area contributed by atoms with Gasteiger partial charge in [0.25, 0.3) is 0 Å². The number of hydrogen-bond acceptors (Lipinski definition) is 6. The van der Waals surface area contributed by atoms with Gasteiger partial charge in [-0.05, 0) is 32.1 Å². The lowest BCUT2D eigenvalue weighted by atomic mass is 10.0. The first kappa shape index (κ1) is 13.9. The molecule has 20 heavy (non-hydrogen) atoms. The Morgan fingerprint density at radius 1 is 1.05 bits per heavy atom. The predicted octanol–water partition coefficient (Wildman–Crippen LogP) is 3.48. The van der Waals surface area contributed by atoms with Gasteiger partial charge in [0.2, 0.25) is 5.13 Å². The van der Waals surface area contributed by atoms with Gasteiger partial charge in [0.15, 0.2) is 0 Å². The van der Waals surface area contributed by atoms with Gasteiger partial charge in [-0.25, -0.2) is 4.98 Å². The molecule has 2 aromatic rings. The molecule has 4 nitrogen and oxygen atoms in total. The smallest absolute Gasteiger partial charge is 0.205 e. The van der Waals surface area contributed by atoms with E-state index >= 15 is 0 Å². The molecule has 0 saturated heterocycles. The van der Waals surface area contributed by atoms with Crippen molar-refractivity contribution in [1.82, 2.24) is 15.2 Å². The van der Waals surface area contributed by atoms with Gasteiger partial charge in [0.1, 0.15) is 5.01 Å². The maximum Gasteiger partial charge on any atom is 0.205 e. The standard InChI is InChI=1S/C14H20N4S2/c1-2-5-13-17-18-14(20-13)15-9-8-12-16-10-6-3-4-7-11(10)19-12/h2-9H2,1H3,(H,15,18). The molecule has 2 aromatic heterocycles. The number of thiazole rings is 1. The summed E-state index contributed by atoms with van der Waals surface area (Å²) in [6.45, 7) is 3.06. The third-order valence-corrected chi connectivity index (χ3v) is 5.59. The average molecular weight is 308 g/mol. The van der Waals surface area contributed by atoms with Crippen LogP contribution in [0.4, 0.5) is 5.13 Å². The van der Waals surface area contributed by atoms with Crippen molar-refractivity contribution in [2.75, 3.05) is 11.9 Å². The average Bonchev–Trinajstić information content (AvgIpc) is 3.05. The van der Waals surface area contributed by atoms with Crippen molar-refractivity contribution in [2.45, 2.75) is 51.9 Å². The summed E-state index contributed by atoms with van der Waals surface area (Å²) in [5.74, 6) is 0. The van der Waals surface area contributed by atoms with Gasteiger partial charge in [-0.15, -0.1) is 21.5 Å². The predicted molar refractivity (Wildman–Crippen MR) is 84.9 cm³/mol. The summed E-state index contributed by atoms with van der Waals surface area (Å²) < 4.78 is 0. The molecule has 0 fully saturated rings. The highest BCUT2D eigenvalue weighted by molar-refractivity contribution is 7.15. The molecule has 0 radical (unpaired) electrons. The fourth-order valence-corrected chi connectivity index (χ4v) is 4.45. The second-order valence-electron chi connectivity index (χ2n) is 5.11. The van der Waals surface area contributed by atoms with E-state index in [1.54, 1.807) is 11.3 Å². The minimum absolute atomic E-state index is 0.896. The first-order chi connectivity index (χ1) is 9.85. The Kier molecular flexibility index (Phi) is 4.62. The van der Waals surface area contributed by atoms with Gasteiger partial charge in [0, 0.05) is 24.3 Å². The molecule has 0 bridgehead atoms. The van der Waals surface area contributed by atoms with Crippen LogP contribution in [0, 0.1) is 0 Å². The Bertz CT molecular complexity index is 538. The number of nitrogens with zero attached hydrogens (tertiary/aromatic N) is 3. The second kappa shape index (κ2) is 6.63. The van der Waals surface area contributed by atoms with Crippen LogP contribution in [-0.2, 0) is 25.7 Å². The van der Waals surface area contributed by atoms with Crippen LogP contribution in [0.1, 0.15) is 46.8 Å². The van der Waals surface area contributed by atoms with Crippen molar-refractivity contribution in [3.05, 3.63) is 20.6 Å². The van der Waals surface area contributed by atoms with Crippen molar-refractivity contribution in [2.24, 2.45) is 0 Å². The highest BCUT2D eigenvalue weighted by atomic mass is 32.1. The number of anilines is 1. The molecular weight excluding hydrogens is 288 g/mol. The van der Waals surface area contributed by atoms with Gasteiger partial charge >= 0.3 is 0 Å². The van der Waals surface area contributed by atoms with E-state index in [-0.39, 0.29) is 0 Å². The molecule has 1 aliphatic rings. The van der Waals surface area contributed by atoms with E-state index in [2.05, 4.69) is 22.4 Å². The topological polar surface area (TPSA) is 50.7 Å². The first-order valence-electron chi connectivity index (χ1n) is 7.39. The molecule has 0 unspecified atom stereocenters. The summed E-state index contributed by atoms with van der Waals surface area (Å²) in [6, 6.07) is 0. The Morgan fingerprint density at radius 3 is 2.80 bits per heavy atom. The number of hydrogen-bond donors (Lipinski definition) is 1. The third kappa shape index (κ3) is 3.35. The van der Waals surface area contributed by atoms with Crippen LogP contribution in [0.15, 0.2) is 0 Å². The van der Waals surface area contributed by atoms with Gasteiger partial charge < -0.3 is 5.32 Å². The maximum absolute atomic E-state index is 4.76. The van der Waals surface area contributed by atoms with Crippen molar-refractivity contribution in [3.8, 4) is 0 Å². The molecule has 0 aliphatic heterocycles. The first-order valence-corrected chi connectivity index (χ1v) is 9.02. The molecule has 3 rings (SSSR count). The quantitative estimate of drug-likeness (QED) is 0.887. The van der Waals surface area contributed by atoms with Crippen molar-refractivity contribution < 1.29 is 0 Å². The lowest BCUT2D eigenvalue weighted by Gasteiger charge is -2.06. The Hall–Kier alpha value is -1.01. The molecule has 108 valence electrons. The molecule has 0 amide bonds. The molecule has 0 saturated carbocycles.